The summed E-state index contributed by atoms with van der Waals surface area (Å²) in [6, 6.07) is 16.6. The Morgan fingerprint density at radius 2 is 1.57 bits per heavy atom. The number of piperazine rings is 1. The maximum Gasteiger partial charge on any atom is 0.338 e. The Morgan fingerprint density at radius 1 is 0.955 bits per heavy atom. The molecule has 0 spiro atoms. The summed E-state index contributed by atoms with van der Waals surface area (Å²) in [7, 11) is 0. The standard InChI is InChI=1S/C32H33F2N5O5/c1-2-37-20-30(41)38-28(17-22-7-13-27(40)14-8-22)31(42)36(15-16-44-21-24-5-11-26(34)12-6-24)19-29(38)39(37)32(43)35-18-23-3-9-25(33)10-4-23/h2-14,28-29,40H,1,15-21H2,(H,35,43)/t28-,29-/m0/s1. The van der Waals surface area contributed by atoms with Crippen molar-refractivity contribution in [3.8, 4) is 5.75 Å². The van der Waals surface area contributed by atoms with Crippen molar-refractivity contribution in [2.45, 2.75) is 31.8 Å². The van der Waals surface area contributed by atoms with Crippen molar-refractivity contribution in [3.05, 3.63) is 114 Å². The second-order valence-electron chi connectivity index (χ2n) is 10.5. The number of nitrogens with one attached hydrogen (secondary N) is 1. The summed E-state index contributed by atoms with van der Waals surface area (Å²) in [4.78, 5) is 44.0. The SMILES string of the molecule is C=CN1CC(=O)N2[C@@H](Cc3ccc(O)cc3)C(=O)N(CCOCc3ccc(F)cc3)C[C@@H]2N1C(=O)NCc1ccc(F)cc1. The highest BCUT2D eigenvalue weighted by Crippen LogP contribution is 2.29. The third-order valence-electron chi connectivity index (χ3n) is 7.61. The molecule has 5 rings (SSSR count). The summed E-state index contributed by atoms with van der Waals surface area (Å²) in [6.45, 7) is 4.28. The van der Waals surface area contributed by atoms with Crippen LogP contribution in [0.3, 0.4) is 0 Å². The smallest absolute Gasteiger partial charge is 0.338 e. The molecular weight excluding hydrogens is 572 g/mol. The molecule has 230 valence electrons. The lowest BCUT2D eigenvalue weighted by Crippen LogP contribution is -2.76. The lowest BCUT2D eigenvalue weighted by Gasteiger charge is -2.55. The van der Waals surface area contributed by atoms with Crippen LogP contribution in [0.15, 0.2) is 85.6 Å². The third-order valence-corrected chi connectivity index (χ3v) is 7.61. The van der Waals surface area contributed by atoms with Gasteiger partial charge in [-0.3, -0.25) is 14.6 Å². The number of benzene rings is 3. The van der Waals surface area contributed by atoms with Gasteiger partial charge in [-0.05, 0) is 53.1 Å². The van der Waals surface area contributed by atoms with Crippen LogP contribution in [0.1, 0.15) is 16.7 Å². The lowest BCUT2D eigenvalue weighted by atomic mass is 9.98. The zero-order chi connectivity index (χ0) is 31.2. The van der Waals surface area contributed by atoms with Gasteiger partial charge in [-0.25, -0.2) is 18.6 Å². The average Bonchev–Trinajstić information content (AvgIpc) is 3.02. The van der Waals surface area contributed by atoms with Crippen LogP contribution in [0.4, 0.5) is 13.6 Å². The number of aromatic hydroxyl groups is 1. The molecule has 2 atom stereocenters. The first kappa shape index (κ1) is 30.5. The van der Waals surface area contributed by atoms with E-state index in [1.165, 1.54) is 57.5 Å². The number of rotatable bonds is 10. The maximum absolute atomic E-state index is 13.9. The first-order valence-electron chi connectivity index (χ1n) is 14.1. The van der Waals surface area contributed by atoms with Crippen molar-refractivity contribution < 1.29 is 33.0 Å². The molecule has 3 aromatic carbocycles. The predicted octanol–water partition coefficient (Wildman–Crippen LogP) is 3.38. The number of carbonyl (C=O) groups is 3. The molecule has 10 nitrogen and oxygen atoms in total. The molecule has 0 aliphatic carbocycles. The van der Waals surface area contributed by atoms with E-state index in [-0.39, 0.29) is 69.2 Å². The van der Waals surface area contributed by atoms with E-state index in [1.54, 1.807) is 41.3 Å². The van der Waals surface area contributed by atoms with Crippen molar-refractivity contribution in [1.29, 1.82) is 0 Å². The number of phenols is 1. The second kappa shape index (κ2) is 13.6. The molecule has 3 aromatic rings. The van der Waals surface area contributed by atoms with Gasteiger partial charge in [0.15, 0.2) is 0 Å². The molecule has 2 fully saturated rings. The lowest BCUT2D eigenvalue weighted by molar-refractivity contribution is -0.184. The van der Waals surface area contributed by atoms with Gasteiger partial charge >= 0.3 is 6.03 Å². The first-order chi connectivity index (χ1) is 21.2. The van der Waals surface area contributed by atoms with Crippen molar-refractivity contribution in [2.24, 2.45) is 0 Å². The van der Waals surface area contributed by atoms with Gasteiger partial charge < -0.3 is 25.0 Å². The Hall–Kier alpha value is -4.97. The van der Waals surface area contributed by atoms with Crippen LogP contribution in [0.25, 0.3) is 0 Å². The number of urea groups is 1. The quantitative estimate of drug-likeness (QED) is 0.344. The minimum Gasteiger partial charge on any atom is -0.508 e. The van der Waals surface area contributed by atoms with Crippen LogP contribution in [0.5, 0.6) is 5.75 Å². The van der Waals surface area contributed by atoms with Crippen molar-refractivity contribution in [2.75, 3.05) is 26.2 Å². The zero-order valence-corrected chi connectivity index (χ0v) is 23.9. The van der Waals surface area contributed by atoms with Gasteiger partial charge in [-0.2, -0.15) is 0 Å². The number of ether oxygens (including phenoxy) is 1. The minimum absolute atomic E-state index is 0.0187. The molecule has 2 aliphatic rings. The van der Waals surface area contributed by atoms with Gasteiger partial charge in [0, 0.05) is 25.7 Å². The Morgan fingerprint density at radius 3 is 2.20 bits per heavy atom. The highest BCUT2D eigenvalue weighted by molar-refractivity contribution is 5.91. The Kier molecular flexibility index (Phi) is 9.39. The van der Waals surface area contributed by atoms with E-state index in [2.05, 4.69) is 11.9 Å². The number of hydrogen-bond donors (Lipinski definition) is 2. The number of halogens is 2. The molecular formula is C32H33F2N5O5. The van der Waals surface area contributed by atoms with Crippen LogP contribution in [0, 0.1) is 11.6 Å². The number of fused-ring (bicyclic) bond motifs is 1. The number of hydrogen-bond acceptors (Lipinski definition) is 6. The summed E-state index contributed by atoms with van der Waals surface area (Å²) >= 11 is 0. The molecule has 4 amide bonds. The summed E-state index contributed by atoms with van der Waals surface area (Å²) in [6.07, 6.45) is 0.682. The van der Waals surface area contributed by atoms with E-state index in [0.717, 1.165) is 11.1 Å². The zero-order valence-electron chi connectivity index (χ0n) is 23.9. The molecule has 2 heterocycles. The first-order valence-corrected chi connectivity index (χ1v) is 14.1. The molecule has 2 aliphatic heterocycles. The summed E-state index contributed by atoms with van der Waals surface area (Å²) in [5.41, 5.74) is 2.18. The van der Waals surface area contributed by atoms with E-state index in [1.807, 2.05) is 0 Å². The van der Waals surface area contributed by atoms with E-state index in [4.69, 9.17) is 4.74 Å². The van der Waals surface area contributed by atoms with Crippen molar-refractivity contribution in [3.63, 3.8) is 0 Å². The topological polar surface area (TPSA) is 106 Å². The number of amides is 4. The largest absolute Gasteiger partial charge is 0.508 e. The molecule has 0 unspecified atom stereocenters. The fourth-order valence-electron chi connectivity index (χ4n) is 5.37. The van der Waals surface area contributed by atoms with Gasteiger partial charge in [0.25, 0.3) is 0 Å². The van der Waals surface area contributed by atoms with E-state index < -0.39 is 24.1 Å². The number of carbonyl (C=O) groups excluding carboxylic acids is 3. The Bertz CT molecular complexity index is 1490. The van der Waals surface area contributed by atoms with Crippen LogP contribution in [-0.4, -0.2) is 81.2 Å². The summed E-state index contributed by atoms with van der Waals surface area (Å²) in [5.74, 6) is -1.31. The van der Waals surface area contributed by atoms with E-state index in [0.29, 0.717) is 5.56 Å². The van der Waals surface area contributed by atoms with Crippen molar-refractivity contribution >= 4 is 17.8 Å². The molecule has 2 N–H and O–H groups in total. The normalized spacial score (nSPS) is 18.3. The molecule has 0 aromatic heterocycles. The van der Waals surface area contributed by atoms with Gasteiger partial charge in [-0.15, -0.1) is 0 Å². The van der Waals surface area contributed by atoms with Crippen LogP contribution in [0.2, 0.25) is 0 Å². The van der Waals surface area contributed by atoms with Gasteiger partial charge in [0.05, 0.1) is 19.8 Å². The summed E-state index contributed by atoms with van der Waals surface area (Å²) in [5, 5.41) is 15.4. The summed E-state index contributed by atoms with van der Waals surface area (Å²) < 4.78 is 32.4. The molecule has 12 heteroatoms. The monoisotopic (exact) mass is 605 g/mol. The van der Waals surface area contributed by atoms with Gasteiger partial charge in [0.2, 0.25) is 11.8 Å². The fourth-order valence-corrected chi connectivity index (χ4v) is 5.37. The van der Waals surface area contributed by atoms with Gasteiger partial charge in [-0.1, -0.05) is 43.0 Å². The Balaban J connectivity index is 1.37. The number of nitrogens with zero attached hydrogens (tertiary/aromatic N) is 4. The van der Waals surface area contributed by atoms with E-state index >= 15 is 0 Å². The fraction of sp³-hybridized carbons (Fsp3) is 0.281. The third kappa shape index (κ3) is 6.97. The van der Waals surface area contributed by atoms with Crippen LogP contribution >= 0.6 is 0 Å². The Labute approximate surface area is 253 Å². The second-order valence-corrected chi connectivity index (χ2v) is 10.5. The van der Waals surface area contributed by atoms with E-state index in [9.17, 15) is 28.3 Å². The molecule has 44 heavy (non-hydrogen) atoms. The van der Waals surface area contributed by atoms with Crippen molar-refractivity contribution in [1.82, 2.24) is 25.1 Å². The molecule has 2 saturated heterocycles. The highest BCUT2D eigenvalue weighted by atomic mass is 19.1. The highest BCUT2D eigenvalue weighted by Gasteiger charge is 2.50. The maximum atomic E-state index is 13.9. The average molecular weight is 606 g/mol. The van der Waals surface area contributed by atoms with Crippen LogP contribution in [-0.2, 0) is 33.9 Å². The predicted molar refractivity (Wildman–Crippen MR) is 156 cm³/mol. The van der Waals surface area contributed by atoms with Crippen LogP contribution < -0.4 is 5.32 Å². The molecule has 0 radical (unpaired) electrons. The number of phenolic OH excluding ortho intramolecular Hbond substituents is 1. The molecule has 0 saturated carbocycles. The minimum atomic E-state index is -0.928. The molecule has 0 bridgehead atoms. The number of hydrazine groups is 1. The van der Waals surface area contributed by atoms with Gasteiger partial charge in [0.1, 0.15) is 36.1 Å².